The number of hydrogen-bond acceptors (Lipinski definition) is 5. The standard InChI is InChI=1S/C19H25N5O/c1-16(25)23-10-12-24(13-11-23)19-14-18(21-15-22-19)20-9-5-8-17-6-3-2-4-7-17/h2-4,6-7,14-15H,5,8-13H2,1H3,(H,20,21,22). The van der Waals surface area contributed by atoms with Crippen molar-refractivity contribution in [1.29, 1.82) is 0 Å². The fourth-order valence-corrected chi connectivity index (χ4v) is 3.02. The Balaban J connectivity index is 1.47. The van der Waals surface area contributed by atoms with Crippen LogP contribution in [0.15, 0.2) is 42.7 Å². The average Bonchev–Trinajstić information content (AvgIpc) is 2.66. The molecular formula is C19H25N5O. The van der Waals surface area contributed by atoms with Crippen LogP contribution in [0.25, 0.3) is 0 Å². The summed E-state index contributed by atoms with van der Waals surface area (Å²) in [4.78, 5) is 24.2. The maximum absolute atomic E-state index is 11.4. The maximum atomic E-state index is 11.4. The van der Waals surface area contributed by atoms with Gasteiger partial charge in [0.2, 0.25) is 5.91 Å². The summed E-state index contributed by atoms with van der Waals surface area (Å²) in [7, 11) is 0. The van der Waals surface area contributed by atoms with Gasteiger partial charge in [-0.1, -0.05) is 30.3 Å². The molecule has 1 fully saturated rings. The van der Waals surface area contributed by atoms with Crippen molar-refractivity contribution in [2.75, 3.05) is 42.9 Å². The fraction of sp³-hybridized carbons (Fsp3) is 0.421. The summed E-state index contributed by atoms with van der Waals surface area (Å²) >= 11 is 0. The number of aromatic nitrogens is 2. The Labute approximate surface area is 148 Å². The molecule has 0 atom stereocenters. The third-order valence-corrected chi connectivity index (χ3v) is 4.49. The Morgan fingerprint density at radius 3 is 2.60 bits per heavy atom. The molecule has 0 unspecified atom stereocenters. The monoisotopic (exact) mass is 339 g/mol. The van der Waals surface area contributed by atoms with Gasteiger partial charge in [0.15, 0.2) is 0 Å². The predicted octanol–water partition coefficient (Wildman–Crippen LogP) is 2.19. The minimum absolute atomic E-state index is 0.142. The van der Waals surface area contributed by atoms with Crippen molar-refractivity contribution < 1.29 is 4.79 Å². The van der Waals surface area contributed by atoms with E-state index in [0.29, 0.717) is 0 Å². The molecule has 0 saturated carbocycles. The van der Waals surface area contributed by atoms with E-state index in [1.165, 1.54) is 5.56 Å². The van der Waals surface area contributed by atoms with Crippen molar-refractivity contribution in [1.82, 2.24) is 14.9 Å². The first-order valence-electron chi connectivity index (χ1n) is 8.83. The lowest BCUT2D eigenvalue weighted by atomic mass is 10.1. The van der Waals surface area contributed by atoms with E-state index in [2.05, 4.69) is 44.5 Å². The second kappa shape index (κ2) is 8.46. The van der Waals surface area contributed by atoms with Crippen LogP contribution in [0.4, 0.5) is 11.6 Å². The largest absolute Gasteiger partial charge is 0.370 e. The topological polar surface area (TPSA) is 61.4 Å². The van der Waals surface area contributed by atoms with Crippen molar-refractivity contribution in [3.05, 3.63) is 48.3 Å². The summed E-state index contributed by atoms with van der Waals surface area (Å²) in [6, 6.07) is 12.5. The smallest absolute Gasteiger partial charge is 0.219 e. The molecule has 6 nitrogen and oxygen atoms in total. The molecular weight excluding hydrogens is 314 g/mol. The number of carbonyl (C=O) groups excluding carboxylic acids is 1. The van der Waals surface area contributed by atoms with Crippen molar-refractivity contribution in [2.24, 2.45) is 0 Å². The van der Waals surface area contributed by atoms with Gasteiger partial charge < -0.3 is 15.1 Å². The van der Waals surface area contributed by atoms with Gasteiger partial charge in [0, 0.05) is 45.7 Å². The van der Waals surface area contributed by atoms with Gasteiger partial charge in [-0.05, 0) is 18.4 Å². The number of rotatable bonds is 6. The molecule has 1 aliphatic heterocycles. The molecule has 1 N–H and O–H groups in total. The van der Waals surface area contributed by atoms with Gasteiger partial charge in [-0.3, -0.25) is 4.79 Å². The minimum Gasteiger partial charge on any atom is -0.370 e. The highest BCUT2D eigenvalue weighted by Gasteiger charge is 2.19. The van der Waals surface area contributed by atoms with Crippen molar-refractivity contribution in [3.8, 4) is 0 Å². The van der Waals surface area contributed by atoms with E-state index in [0.717, 1.165) is 57.2 Å². The average molecular weight is 339 g/mol. The van der Waals surface area contributed by atoms with E-state index in [9.17, 15) is 4.79 Å². The Morgan fingerprint density at radius 1 is 1.12 bits per heavy atom. The molecule has 1 aromatic carbocycles. The van der Waals surface area contributed by atoms with Crippen molar-refractivity contribution >= 4 is 17.5 Å². The van der Waals surface area contributed by atoms with E-state index < -0.39 is 0 Å². The molecule has 1 saturated heterocycles. The van der Waals surface area contributed by atoms with Gasteiger partial charge in [-0.2, -0.15) is 0 Å². The number of nitrogens with one attached hydrogen (secondary N) is 1. The van der Waals surface area contributed by atoms with E-state index >= 15 is 0 Å². The van der Waals surface area contributed by atoms with Gasteiger partial charge in [0.25, 0.3) is 0 Å². The van der Waals surface area contributed by atoms with Crippen LogP contribution in [0.5, 0.6) is 0 Å². The first-order chi connectivity index (χ1) is 12.2. The molecule has 0 aliphatic carbocycles. The second-order valence-electron chi connectivity index (χ2n) is 6.27. The van der Waals surface area contributed by atoms with E-state index in [4.69, 9.17) is 0 Å². The molecule has 132 valence electrons. The number of anilines is 2. The van der Waals surface area contributed by atoms with Crippen LogP contribution in [-0.4, -0.2) is 53.5 Å². The molecule has 1 aliphatic rings. The zero-order valence-electron chi connectivity index (χ0n) is 14.7. The number of hydrogen-bond donors (Lipinski definition) is 1. The van der Waals surface area contributed by atoms with Crippen LogP contribution < -0.4 is 10.2 Å². The van der Waals surface area contributed by atoms with Gasteiger partial charge in [-0.25, -0.2) is 9.97 Å². The molecule has 0 bridgehead atoms. The van der Waals surface area contributed by atoms with Crippen molar-refractivity contribution in [3.63, 3.8) is 0 Å². The lowest BCUT2D eigenvalue weighted by molar-refractivity contribution is -0.129. The van der Waals surface area contributed by atoms with E-state index in [1.54, 1.807) is 13.3 Å². The normalized spacial score (nSPS) is 14.4. The number of nitrogens with zero attached hydrogens (tertiary/aromatic N) is 4. The number of benzene rings is 1. The number of carbonyl (C=O) groups is 1. The first-order valence-corrected chi connectivity index (χ1v) is 8.83. The van der Waals surface area contributed by atoms with Gasteiger partial charge in [-0.15, -0.1) is 0 Å². The quantitative estimate of drug-likeness (QED) is 0.818. The van der Waals surface area contributed by atoms with Crippen LogP contribution in [0.3, 0.4) is 0 Å². The summed E-state index contributed by atoms with van der Waals surface area (Å²) in [5, 5.41) is 3.38. The SMILES string of the molecule is CC(=O)N1CCN(c2cc(NCCCc3ccccc3)ncn2)CC1. The number of piperazine rings is 1. The summed E-state index contributed by atoms with van der Waals surface area (Å²) in [5.74, 6) is 1.92. The Bertz CT molecular complexity index is 683. The van der Waals surface area contributed by atoms with Crippen molar-refractivity contribution in [2.45, 2.75) is 19.8 Å². The van der Waals surface area contributed by atoms with Gasteiger partial charge in [0.05, 0.1) is 0 Å². The van der Waals surface area contributed by atoms with Gasteiger partial charge in [0.1, 0.15) is 18.0 Å². The molecule has 1 amide bonds. The van der Waals surface area contributed by atoms with Crippen LogP contribution in [0, 0.1) is 0 Å². The molecule has 0 spiro atoms. The lowest BCUT2D eigenvalue weighted by Gasteiger charge is -2.34. The molecule has 1 aromatic heterocycles. The molecule has 0 radical (unpaired) electrons. The fourth-order valence-electron chi connectivity index (χ4n) is 3.02. The van der Waals surface area contributed by atoms with Crippen LogP contribution >= 0.6 is 0 Å². The molecule has 3 rings (SSSR count). The lowest BCUT2D eigenvalue weighted by Crippen LogP contribution is -2.48. The highest BCUT2D eigenvalue weighted by Crippen LogP contribution is 2.16. The van der Waals surface area contributed by atoms with Crippen LogP contribution in [0.2, 0.25) is 0 Å². The zero-order chi connectivity index (χ0) is 17.5. The Morgan fingerprint density at radius 2 is 1.88 bits per heavy atom. The maximum Gasteiger partial charge on any atom is 0.219 e. The highest BCUT2D eigenvalue weighted by atomic mass is 16.2. The highest BCUT2D eigenvalue weighted by molar-refractivity contribution is 5.73. The summed E-state index contributed by atoms with van der Waals surface area (Å²) in [6.07, 6.45) is 3.71. The summed E-state index contributed by atoms with van der Waals surface area (Å²) in [5.41, 5.74) is 1.36. The number of amides is 1. The molecule has 2 heterocycles. The molecule has 25 heavy (non-hydrogen) atoms. The third kappa shape index (κ3) is 4.92. The Hall–Kier alpha value is -2.63. The predicted molar refractivity (Wildman–Crippen MR) is 99.8 cm³/mol. The third-order valence-electron chi connectivity index (χ3n) is 4.49. The zero-order valence-corrected chi connectivity index (χ0v) is 14.7. The minimum atomic E-state index is 0.142. The van der Waals surface area contributed by atoms with Gasteiger partial charge >= 0.3 is 0 Å². The van der Waals surface area contributed by atoms with E-state index in [-0.39, 0.29) is 5.91 Å². The molecule has 2 aromatic rings. The van der Waals surface area contributed by atoms with Crippen LogP contribution in [0.1, 0.15) is 18.9 Å². The Kier molecular flexibility index (Phi) is 5.82. The second-order valence-corrected chi connectivity index (χ2v) is 6.27. The molecule has 6 heteroatoms. The summed E-state index contributed by atoms with van der Waals surface area (Å²) in [6.45, 7) is 5.62. The number of aryl methyl sites for hydroxylation is 1. The van der Waals surface area contributed by atoms with Crippen LogP contribution in [-0.2, 0) is 11.2 Å². The van der Waals surface area contributed by atoms with E-state index in [1.807, 2.05) is 17.0 Å². The summed E-state index contributed by atoms with van der Waals surface area (Å²) < 4.78 is 0. The first kappa shape index (κ1) is 17.2.